The predicted molar refractivity (Wildman–Crippen MR) is 92.1 cm³/mol. The van der Waals surface area contributed by atoms with E-state index < -0.39 is 0 Å². The average Bonchev–Trinajstić information content (AvgIpc) is 3.20. The lowest BCUT2D eigenvalue weighted by Crippen LogP contribution is -2.44. The Hall–Kier alpha value is -0.680. The van der Waals surface area contributed by atoms with Crippen molar-refractivity contribution in [1.82, 2.24) is 15.1 Å². The highest BCUT2D eigenvalue weighted by molar-refractivity contribution is 7.99. The first kappa shape index (κ1) is 15.2. The van der Waals surface area contributed by atoms with Crippen LogP contribution in [0.5, 0.6) is 0 Å². The van der Waals surface area contributed by atoms with Gasteiger partial charge >= 0.3 is 0 Å². The van der Waals surface area contributed by atoms with Gasteiger partial charge in [-0.05, 0) is 36.7 Å². The molecule has 0 aromatic heterocycles. The van der Waals surface area contributed by atoms with Crippen LogP contribution in [0.25, 0.3) is 0 Å². The minimum Gasteiger partial charge on any atom is -0.356 e. The lowest BCUT2D eigenvalue weighted by Gasteiger charge is -2.27. The van der Waals surface area contributed by atoms with Crippen molar-refractivity contribution in [3.63, 3.8) is 0 Å². The second kappa shape index (κ2) is 7.54. The first-order chi connectivity index (χ1) is 10.4. The summed E-state index contributed by atoms with van der Waals surface area (Å²) in [5.41, 5.74) is 0. The van der Waals surface area contributed by atoms with Gasteiger partial charge in [0.05, 0.1) is 0 Å². The fourth-order valence-electron chi connectivity index (χ4n) is 3.54. The van der Waals surface area contributed by atoms with E-state index in [0.717, 1.165) is 44.6 Å². The van der Waals surface area contributed by atoms with E-state index in [4.69, 9.17) is 0 Å². The van der Waals surface area contributed by atoms with E-state index in [1.807, 2.05) is 7.05 Å². The minimum atomic E-state index is 0.699. The number of guanidine groups is 1. The summed E-state index contributed by atoms with van der Waals surface area (Å²) in [7, 11) is 1.92. The summed E-state index contributed by atoms with van der Waals surface area (Å²) in [5.74, 6) is 4.62. The lowest BCUT2D eigenvalue weighted by atomic mass is 10.0. The van der Waals surface area contributed by atoms with Gasteiger partial charge in [0, 0.05) is 45.8 Å². The van der Waals surface area contributed by atoms with Crippen molar-refractivity contribution in [1.29, 1.82) is 0 Å². The molecular weight excluding hydrogens is 280 g/mol. The molecule has 1 N–H and O–H groups in total. The van der Waals surface area contributed by atoms with Crippen molar-refractivity contribution in [2.45, 2.75) is 25.3 Å². The summed E-state index contributed by atoms with van der Waals surface area (Å²) < 4.78 is 0. The van der Waals surface area contributed by atoms with Crippen LogP contribution in [0.1, 0.15) is 19.3 Å². The molecule has 1 atom stereocenters. The van der Waals surface area contributed by atoms with E-state index in [-0.39, 0.29) is 0 Å². The van der Waals surface area contributed by atoms with Crippen molar-refractivity contribution >= 4 is 17.7 Å². The van der Waals surface area contributed by atoms with Crippen molar-refractivity contribution < 1.29 is 0 Å². The van der Waals surface area contributed by atoms with Crippen LogP contribution in [0.2, 0.25) is 0 Å². The summed E-state index contributed by atoms with van der Waals surface area (Å²) >= 11 is 2.10. The molecule has 118 valence electrons. The molecule has 3 heterocycles. The molecule has 0 bridgehead atoms. The monoisotopic (exact) mass is 308 g/mol. The van der Waals surface area contributed by atoms with Crippen LogP contribution in [0.4, 0.5) is 0 Å². The molecule has 0 aromatic rings. The van der Waals surface area contributed by atoms with Crippen LogP contribution in [-0.2, 0) is 0 Å². The summed E-state index contributed by atoms with van der Waals surface area (Å²) in [5, 5.41) is 3.62. The van der Waals surface area contributed by atoms with E-state index in [2.05, 4.69) is 44.0 Å². The largest absolute Gasteiger partial charge is 0.356 e. The van der Waals surface area contributed by atoms with E-state index in [1.54, 1.807) is 0 Å². The minimum absolute atomic E-state index is 0.699. The molecule has 0 radical (unpaired) electrons. The van der Waals surface area contributed by atoms with Crippen LogP contribution in [0, 0.1) is 5.92 Å². The molecule has 4 nitrogen and oxygen atoms in total. The quantitative estimate of drug-likeness (QED) is 0.488. The Bertz CT molecular complexity index is 382. The van der Waals surface area contributed by atoms with Crippen LogP contribution < -0.4 is 5.32 Å². The Balaban J connectivity index is 1.45. The molecule has 0 spiro atoms. The Labute approximate surface area is 133 Å². The topological polar surface area (TPSA) is 30.9 Å². The third-order valence-corrected chi connectivity index (χ3v) is 5.98. The van der Waals surface area contributed by atoms with Crippen LogP contribution in [0.3, 0.4) is 0 Å². The van der Waals surface area contributed by atoms with Crippen molar-refractivity contribution in [3.8, 4) is 0 Å². The number of hydrogen-bond donors (Lipinski definition) is 1. The van der Waals surface area contributed by atoms with Gasteiger partial charge < -0.3 is 10.2 Å². The second-order valence-electron chi connectivity index (χ2n) is 6.30. The number of aliphatic imine (C=N–C) groups is 1. The van der Waals surface area contributed by atoms with Gasteiger partial charge in [0.2, 0.25) is 0 Å². The zero-order valence-electron chi connectivity index (χ0n) is 13.1. The number of rotatable bonds is 3. The lowest BCUT2D eigenvalue weighted by molar-refractivity contribution is 0.259. The van der Waals surface area contributed by atoms with Crippen molar-refractivity contribution in [2.24, 2.45) is 10.9 Å². The number of nitrogens with one attached hydrogen (secondary N) is 1. The maximum Gasteiger partial charge on any atom is 0.193 e. The molecule has 21 heavy (non-hydrogen) atoms. The van der Waals surface area contributed by atoms with Gasteiger partial charge in [-0.25, -0.2) is 0 Å². The van der Waals surface area contributed by atoms with E-state index in [0.29, 0.717) is 6.04 Å². The maximum absolute atomic E-state index is 4.51. The van der Waals surface area contributed by atoms with E-state index in [1.165, 1.54) is 30.8 Å². The fourth-order valence-corrected chi connectivity index (χ4v) is 4.75. The second-order valence-corrected chi connectivity index (χ2v) is 7.52. The molecule has 0 amide bonds. The van der Waals surface area contributed by atoms with Gasteiger partial charge in [-0.2, -0.15) is 11.8 Å². The summed E-state index contributed by atoms with van der Waals surface area (Å²) in [6.45, 7) is 5.62. The molecule has 0 aromatic carbocycles. The van der Waals surface area contributed by atoms with Gasteiger partial charge in [0.1, 0.15) is 0 Å². The predicted octanol–water partition coefficient (Wildman–Crippen LogP) is 1.65. The summed E-state index contributed by atoms with van der Waals surface area (Å²) in [6.07, 6.45) is 8.56. The Morgan fingerprint density at radius 1 is 1.24 bits per heavy atom. The number of nitrogens with zero attached hydrogens (tertiary/aromatic N) is 3. The molecule has 1 unspecified atom stereocenters. The third-order valence-electron chi connectivity index (χ3n) is 4.93. The molecule has 5 heteroatoms. The number of likely N-dealkylation sites (tertiary alicyclic amines) is 1. The number of hydrogen-bond acceptors (Lipinski definition) is 3. The molecule has 3 aliphatic rings. The summed E-state index contributed by atoms with van der Waals surface area (Å²) in [6, 6.07) is 0.699. The van der Waals surface area contributed by atoms with Gasteiger partial charge in [-0.1, -0.05) is 12.2 Å². The SMILES string of the molecule is CN=C(NCC1CCSCC1)N1CCC(N2CC=CC2)C1. The highest BCUT2D eigenvalue weighted by Crippen LogP contribution is 2.22. The molecule has 2 fully saturated rings. The molecule has 2 saturated heterocycles. The highest BCUT2D eigenvalue weighted by Gasteiger charge is 2.29. The van der Waals surface area contributed by atoms with Crippen molar-refractivity contribution in [2.75, 3.05) is 51.3 Å². The van der Waals surface area contributed by atoms with Crippen LogP contribution >= 0.6 is 11.8 Å². The highest BCUT2D eigenvalue weighted by atomic mass is 32.2. The molecule has 0 aliphatic carbocycles. The first-order valence-electron chi connectivity index (χ1n) is 8.29. The third kappa shape index (κ3) is 3.95. The van der Waals surface area contributed by atoms with Gasteiger partial charge in [0.15, 0.2) is 5.96 Å². The summed E-state index contributed by atoms with van der Waals surface area (Å²) in [4.78, 5) is 9.53. The standard InChI is InChI=1S/C16H28N4S/c1-17-16(18-12-14-5-10-21-11-6-14)20-9-4-15(13-20)19-7-2-3-8-19/h2-3,14-15H,4-13H2,1H3,(H,17,18). The smallest absolute Gasteiger partial charge is 0.193 e. The van der Waals surface area contributed by atoms with Gasteiger partial charge in [0.25, 0.3) is 0 Å². The number of thioether (sulfide) groups is 1. The van der Waals surface area contributed by atoms with Gasteiger partial charge in [-0.15, -0.1) is 0 Å². The zero-order chi connectivity index (χ0) is 14.5. The molecule has 3 aliphatic heterocycles. The van der Waals surface area contributed by atoms with Crippen LogP contribution in [-0.4, -0.2) is 73.1 Å². The van der Waals surface area contributed by atoms with Gasteiger partial charge in [-0.3, -0.25) is 9.89 Å². The first-order valence-corrected chi connectivity index (χ1v) is 9.44. The zero-order valence-corrected chi connectivity index (χ0v) is 13.9. The molecule has 0 saturated carbocycles. The fraction of sp³-hybridized carbons (Fsp3) is 0.812. The average molecular weight is 308 g/mol. The maximum atomic E-state index is 4.51. The Kier molecular flexibility index (Phi) is 5.47. The molecule has 3 rings (SSSR count). The Morgan fingerprint density at radius 3 is 2.71 bits per heavy atom. The van der Waals surface area contributed by atoms with Crippen molar-refractivity contribution in [3.05, 3.63) is 12.2 Å². The Morgan fingerprint density at radius 2 is 2.00 bits per heavy atom. The normalized spacial score (nSPS) is 28.5. The van der Waals surface area contributed by atoms with E-state index in [9.17, 15) is 0 Å². The molecular formula is C16H28N4S. The van der Waals surface area contributed by atoms with Crippen LogP contribution in [0.15, 0.2) is 17.1 Å². The van der Waals surface area contributed by atoms with E-state index >= 15 is 0 Å².